The molecule has 9 aromatic rings. The molecule has 0 spiro atoms. The molecule has 4 nitrogen and oxygen atoms in total. The Morgan fingerprint density at radius 3 is 1.82 bits per heavy atom. The van der Waals surface area contributed by atoms with Crippen molar-refractivity contribution < 1.29 is 4.42 Å². The summed E-state index contributed by atoms with van der Waals surface area (Å²) in [6, 6.07) is 52.4. The molecule has 0 bridgehead atoms. The zero-order chi connectivity index (χ0) is 29.0. The van der Waals surface area contributed by atoms with Gasteiger partial charge < -0.3 is 8.98 Å². The monoisotopic (exact) mass is 563 g/mol. The van der Waals surface area contributed by atoms with E-state index in [4.69, 9.17) is 14.4 Å². The number of benzene rings is 6. The van der Waals surface area contributed by atoms with Gasteiger partial charge in [0, 0.05) is 43.9 Å². The van der Waals surface area contributed by atoms with Crippen LogP contribution in [0.4, 0.5) is 0 Å². The smallest absolute Gasteiger partial charge is 0.160 e. The van der Waals surface area contributed by atoms with Crippen molar-refractivity contribution in [2.24, 2.45) is 0 Å². The third kappa shape index (κ3) is 3.85. The molecule has 4 heteroatoms. The average Bonchev–Trinajstić information content (AvgIpc) is 3.65. The van der Waals surface area contributed by atoms with Gasteiger partial charge >= 0.3 is 0 Å². The molecule has 0 N–H and O–H groups in total. The number of rotatable bonds is 4. The third-order valence-corrected chi connectivity index (χ3v) is 8.41. The van der Waals surface area contributed by atoms with E-state index in [1.807, 2.05) is 48.5 Å². The van der Waals surface area contributed by atoms with Gasteiger partial charge in [0.25, 0.3) is 0 Å². The molecule has 44 heavy (non-hydrogen) atoms. The van der Waals surface area contributed by atoms with Crippen LogP contribution < -0.4 is 0 Å². The molecule has 0 fully saturated rings. The van der Waals surface area contributed by atoms with Crippen molar-refractivity contribution in [2.75, 3.05) is 0 Å². The van der Waals surface area contributed by atoms with Crippen LogP contribution in [0, 0.1) is 0 Å². The molecule has 9 rings (SSSR count). The Balaban J connectivity index is 1.30. The number of furan rings is 1. The van der Waals surface area contributed by atoms with Crippen molar-refractivity contribution in [2.45, 2.75) is 0 Å². The van der Waals surface area contributed by atoms with E-state index in [2.05, 4.69) is 108 Å². The minimum atomic E-state index is 0.682. The molecule has 0 amide bonds. The number of fused-ring (bicyclic) bond motifs is 7. The molecular formula is C40H25N3O. The fourth-order valence-corrected chi connectivity index (χ4v) is 6.37. The van der Waals surface area contributed by atoms with Crippen molar-refractivity contribution in [1.29, 1.82) is 0 Å². The van der Waals surface area contributed by atoms with Crippen molar-refractivity contribution in [3.63, 3.8) is 0 Å². The first-order chi connectivity index (χ1) is 21.8. The third-order valence-electron chi connectivity index (χ3n) is 8.41. The molecule has 3 heterocycles. The zero-order valence-corrected chi connectivity index (χ0v) is 23.7. The number of nitrogens with zero attached hydrogens (tertiary/aromatic N) is 3. The summed E-state index contributed by atoms with van der Waals surface area (Å²) in [7, 11) is 0. The Labute approximate surface area is 253 Å². The molecule has 0 aliphatic rings. The van der Waals surface area contributed by atoms with E-state index in [1.54, 1.807) is 0 Å². The quantitative estimate of drug-likeness (QED) is 0.214. The van der Waals surface area contributed by atoms with Gasteiger partial charge in [-0.25, -0.2) is 9.97 Å². The highest BCUT2D eigenvalue weighted by Crippen LogP contribution is 2.40. The standard InChI is InChI=1S/C40H25N3O/c1-3-12-26(13-4-1)34-25-35(27-14-5-2-6-15-27)42-40(41-34)28-16-11-17-29(24-28)43-36-20-9-7-18-30(36)32-22-23-33-31-19-8-10-21-37(31)44-39(33)38(32)43/h1-25H. The van der Waals surface area contributed by atoms with Gasteiger partial charge in [-0.1, -0.05) is 115 Å². The molecule has 0 aliphatic heterocycles. The van der Waals surface area contributed by atoms with Crippen molar-refractivity contribution in [1.82, 2.24) is 14.5 Å². The predicted octanol–water partition coefficient (Wildman–Crippen LogP) is 10.5. The second-order valence-electron chi connectivity index (χ2n) is 11.0. The van der Waals surface area contributed by atoms with Gasteiger partial charge in [0.15, 0.2) is 11.4 Å². The predicted molar refractivity (Wildman–Crippen MR) is 180 cm³/mol. The van der Waals surface area contributed by atoms with Crippen LogP contribution in [0.2, 0.25) is 0 Å². The molecular weight excluding hydrogens is 538 g/mol. The summed E-state index contributed by atoms with van der Waals surface area (Å²) < 4.78 is 8.87. The molecule has 206 valence electrons. The summed E-state index contributed by atoms with van der Waals surface area (Å²) in [5.41, 5.74) is 9.81. The second-order valence-corrected chi connectivity index (χ2v) is 11.0. The maximum Gasteiger partial charge on any atom is 0.160 e. The Morgan fingerprint density at radius 1 is 0.455 bits per heavy atom. The van der Waals surface area contributed by atoms with Crippen LogP contribution in [0.15, 0.2) is 156 Å². The van der Waals surface area contributed by atoms with E-state index < -0.39 is 0 Å². The van der Waals surface area contributed by atoms with Gasteiger partial charge in [0.05, 0.1) is 22.4 Å². The lowest BCUT2D eigenvalue weighted by Gasteiger charge is -2.12. The molecule has 3 aromatic heterocycles. The van der Waals surface area contributed by atoms with Gasteiger partial charge in [-0.3, -0.25) is 0 Å². The Bertz CT molecular complexity index is 2430. The fraction of sp³-hybridized carbons (Fsp3) is 0. The van der Waals surface area contributed by atoms with Crippen molar-refractivity contribution in [3.8, 4) is 39.6 Å². The van der Waals surface area contributed by atoms with E-state index in [-0.39, 0.29) is 0 Å². The molecule has 0 saturated heterocycles. The number of hydrogen-bond donors (Lipinski definition) is 0. The summed E-state index contributed by atoms with van der Waals surface area (Å²) in [5.74, 6) is 0.682. The maximum absolute atomic E-state index is 6.56. The molecule has 0 aliphatic carbocycles. The van der Waals surface area contributed by atoms with E-state index in [1.165, 1.54) is 5.39 Å². The van der Waals surface area contributed by atoms with Gasteiger partial charge in [-0.2, -0.15) is 0 Å². The maximum atomic E-state index is 6.56. The molecule has 0 atom stereocenters. The highest BCUT2D eigenvalue weighted by Gasteiger charge is 2.19. The summed E-state index contributed by atoms with van der Waals surface area (Å²) in [6.07, 6.45) is 0. The Morgan fingerprint density at radius 2 is 1.07 bits per heavy atom. The number of aromatic nitrogens is 3. The Kier molecular flexibility index (Phi) is 5.47. The van der Waals surface area contributed by atoms with Crippen LogP contribution in [0.3, 0.4) is 0 Å². The largest absolute Gasteiger partial charge is 0.454 e. The lowest BCUT2D eigenvalue weighted by Crippen LogP contribution is -1.98. The van der Waals surface area contributed by atoms with Crippen LogP contribution in [0.5, 0.6) is 0 Å². The van der Waals surface area contributed by atoms with E-state index in [0.717, 1.165) is 72.1 Å². The van der Waals surface area contributed by atoms with Crippen molar-refractivity contribution >= 4 is 43.7 Å². The number of hydrogen-bond acceptors (Lipinski definition) is 3. The topological polar surface area (TPSA) is 43.9 Å². The van der Waals surface area contributed by atoms with Gasteiger partial charge in [0.2, 0.25) is 0 Å². The first-order valence-corrected chi connectivity index (χ1v) is 14.8. The van der Waals surface area contributed by atoms with E-state index >= 15 is 0 Å². The fourth-order valence-electron chi connectivity index (χ4n) is 6.37. The SMILES string of the molecule is c1ccc(-c2cc(-c3ccccc3)nc(-c3cccc(-n4c5ccccc5c5ccc6c7ccccc7oc6c54)c3)n2)cc1. The summed E-state index contributed by atoms with van der Waals surface area (Å²) in [5, 5.41) is 4.57. The molecule has 6 aromatic carbocycles. The van der Waals surface area contributed by atoms with E-state index in [9.17, 15) is 0 Å². The first-order valence-electron chi connectivity index (χ1n) is 14.8. The van der Waals surface area contributed by atoms with Crippen LogP contribution >= 0.6 is 0 Å². The average molecular weight is 564 g/mol. The van der Waals surface area contributed by atoms with E-state index in [0.29, 0.717) is 5.82 Å². The lowest BCUT2D eigenvalue weighted by molar-refractivity contribution is 0.671. The minimum absolute atomic E-state index is 0.682. The van der Waals surface area contributed by atoms with Crippen molar-refractivity contribution in [3.05, 3.63) is 152 Å². The highest BCUT2D eigenvalue weighted by atomic mass is 16.3. The highest BCUT2D eigenvalue weighted by molar-refractivity contribution is 6.21. The number of para-hydroxylation sites is 2. The summed E-state index contributed by atoms with van der Waals surface area (Å²) in [6.45, 7) is 0. The Hall–Kier alpha value is -6.00. The zero-order valence-electron chi connectivity index (χ0n) is 23.7. The van der Waals surface area contributed by atoms with Crippen LogP contribution in [-0.4, -0.2) is 14.5 Å². The summed E-state index contributed by atoms with van der Waals surface area (Å²) in [4.78, 5) is 10.2. The molecule has 0 radical (unpaired) electrons. The van der Waals surface area contributed by atoms with Gasteiger partial charge in [-0.05, 0) is 36.4 Å². The summed E-state index contributed by atoms with van der Waals surface area (Å²) >= 11 is 0. The van der Waals surface area contributed by atoms with Gasteiger partial charge in [-0.15, -0.1) is 0 Å². The normalized spacial score (nSPS) is 11.6. The van der Waals surface area contributed by atoms with Crippen LogP contribution in [-0.2, 0) is 0 Å². The van der Waals surface area contributed by atoms with Crippen LogP contribution in [0.25, 0.3) is 83.3 Å². The molecule has 0 saturated carbocycles. The first kappa shape index (κ1) is 24.6. The minimum Gasteiger partial charge on any atom is -0.454 e. The molecule has 0 unspecified atom stereocenters. The van der Waals surface area contributed by atoms with Gasteiger partial charge in [0.1, 0.15) is 5.58 Å². The second kappa shape index (κ2) is 9.79. The lowest BCUT2D eigenvalue weighted by atomic mass is 10.1. The van der Waals surface area contributed by atoms with Crippen LogP contribution in [0.1, 0.15) is 0 Å².